The Labute approximate surface area is 62.3 Å². The van der Waals surface area contributed by atoms with Crippen LogP contribution in [0.2, 0.25) is 0 Å². The molecule has 56 valence electrons. The SMILES string of the molecule is C=C(/C=C\C(=C)NC)NC. The van der Waals surface area contributed by atoms with Crippen LogP contribution in [0.25, 0.3) is 0 Å². The molecule has 0 spiro atoms. The van der Waals surface area contributed by atoms with Crippen LogP contribution in [0.5, 0.6) is 0 Å². The second-order valence-corrected chi connectivity index (χ2v) is 1.88. The highest BCUT2D eigenvalue weighted by molar-refractivity contribution is 5.21. The Morgan fingerprint density at radius 3 is 1.50 bits per heavy atom. The molecule has 0 aromatic heterocycles. The zero-order valence-corrected chi connectivity index (χ0v) is 6.57. The van der Waals surface area contributed by atoms with Crippen LogP contribution in [0.3, 0.4) is 0 Å². The summed E-state index contributed by atoms with van der Waals surface area (Å²) in [5.41, 5.74) is 1.74. The van der Waals surface area contributed by atoms with Gasteiger partial charge in [0.15, 0.2) is 0 Å². The molecule has 0 amide bonds. The number of hydrogen-bond acceptors (Lipinski definition) is 2. The van der Waals surface area contributed by atoms with E-state index in [2.05, 4.69) is 23.8 Å². The summed E-state index contributed by atoms with van der Waals surface area (Å²) in [6, 6.07) is 0. The van der Waals surface area contributed by atoms with Gasteiger partial charge in [-0.05, 0) is 12.2 Å². The Morgan fingerprint density at radius 2 is 1.30 bits per heavy atom. The highest BCUT2D eigenvalue weighted by Crippen LogP contribution is 1.89. The monoisotopic (exact) mass is 138 g/mol. The van der Waals surface area contributed by atoms with Crippen molar-refractivity contribution >= 4 is 0 Å². The normalized spacial score (nSPS) is 9.40. The molecule has 2 nitrogen and oxygen atoms in total. The zero-order chi connectivity index (χ0) is 7.98. The fraction of sp³-hybridized carbons (Fsp3) is 0.250. The van der Waals surface area contributed by atoms with Crippen LogP contribution in [0.15, 0.2) is 36.7 Å². The summed E-state index contributed by atoms with van der Waals surface area (Å²) in [6.45, 7) is 7.43. The smallest absolute Gasteiger partial charge is 0.0265 e. The third-order valence-corrected chi connectivity index (χ3v) is 1.13. The van der Waals surface area contributed by atoms with Crippen molar-refractivity contribution in [3.8, 4) is 0 Å². The summed E-state index contributed by atoms with van der Waals surface area (Å²) in [6.07, 6.45) is 3.72. The molecule has 0 bridgehead atoms. The molecule has 0 rings (SSSR count). The van der Waals surface area contributed by atoms with Crippen LogP contribution in [0.4, 0.5) is 0 Å². The highest BCUT2D eigenvalue weighted by atomic mass is 14.8. The van der Waals surface area contributed by atoms with Crippen molar-refractivity contribution < 1.29 is 0 Å². The minimum absolute atomic E-state index is 0.872. The molecule has 0 aromatic carbocycles. The van der Waals surface area contributed by atoms with Gasteiger partial charge in [-0.1, -0.05) is 13.2 Å². The molecule has 2 heteroatoms. The Hall–Kier alpha value is -1.18. The van der Waals surface area contributed by atoms with Crippen LogP contribution >= 0.6 is 0 Å². The van der Waals surface area contributed by atoms with Gasteiger partial charge < -0.3 is 10.6 Å². The predicted octanol–water partition coefficient (Wildman–Crippen LogP) is 1.01. The first-order chi connectivity index (χ1) is 4.70. The van der Waals surface area contributed by atoms with E-state index in [1.165, 1.54) is 0 Å². The molecule has 0 aliphatic heterocycles. The van der Waals surface area contributed by atoms with E-state index in [9.17, 15) is 0 Å². The lowest BCUT2D eigenvalue weighted by atomic mass is 10.3. The Kier molecular flexibility index (Phi) is 4.12. The molecule has 0 aliphatic carbocycles. The van der Waals surface area contributed by atoms with Gasteiger partial charge >= 0.3 is 0 Å². The fourth-order valence-electron chi connectivity index (χ4n) is 0.368. The number of likely N-dealkylation sites (N-methyl/N-ethyl adjacent to an activating group) is 2. The Morgan fingerprint density at radius 1 is 1.00 bits per heavy atom. The van der Waals surface area contributed by atoms with Crippen LogP contribution in [0, 0.1) is 0 Å². The number of hydrogen-bond donors (Lipinski definition) is 2. The van der Waals surface area contributed by atoms with E-state index in [0.717, 1.165) is 11.4 Å². The van der Waals surface area contributed by atoms with Crippen molar-refractivity contribution in [2.45, 2.75) is 0 Å². The topological polar surface area (TPSA) is 24.1 Å². The average molecular weight is 138 g/mol. The molecule has 0 heterocycles. The van der Waals surface area contributed by atoms with Crippen LogP contribution < -0.4 is 10.6 Å². The van der Waals surface area contributed by atoms with Gasteiger partial charge in [0.1, 0.15) is 0 Å². The minimum atomic E-state index is 0.872. The second-order valence-electron chi connectivity index (χ2n) is 1.88. The van der Waals surface area contributed by atoms with Crippen molar-refractivity contribution in [2.24, 2.45) is 0 Å². The maximum Gasteiger partial charge on any atom is 0.0265 e. The first-order valence-corrected chi connectivity index (χ1v) is 3.12. The van der Waals surface area contributed by atoms with Gasteiger partial charge in [-0.25, -0.2) is 0 Å². The molecule has 0 saturated heterocycles. The highest BCUT2D eigenvalue weighted by Gasteiger charge is 1.80. The van der Waals surface area contributed by atoms with Crippen LogP contribution in [0.1, 0.15) is 0 Å². The lowest BCUT2D eigenvalue weighted by molar-refractivity contribution is 1.02. The molecule has 0 aliphatic rings. The zero-order valence-electron chi connectivity index (χ0n) is 6.57. The lowest BCUT2D eigenvalue weighted by Gasteiger charge is -1.97. The van der Waals surface area contributed by atoms with E-state index in [4.69, 9.17) is 0 Å². The minimum Gasteiger partial charge on any atom is -0.389 e. The predicted molar refractivity (Wildman–Crippen MR) is 45.5 cm³/mol. The standard InChI is InChI=1S/C8H14N2/c1-7(9-3)5-6-8(2)10-4/h5-6,9-10H,1-2H2,3-4H3/b6-5-. The van der Waals surface area contributed by atoms with Crippen molar-refractivity contribution in [2.75, 3.05) is 14.1 Å². The average Bonchev–Trinajstić information content (AvgIpc) is 1.99. The number of rotatable bonds is 4. The lowest BCUT2D eigenvalue weighted by Crippen LogP contribution is -2.03. The fourth-order valence-corrected chi connectivity index (χ4v) is 0.368. The van der Waals surface area contributed by atoms with Gasteiger partial charge in [-0.3, -0.25) is 0 Å². The van der Waals surface area contributed by atoms with E-state index >= 15 is 0 Å². The van der Waals surface area contributed by atoms with Crippen molar-refractivity contribution in [3.63, 3.8) is 0 Å². The quantitative estimate of drug-likeness (QED) is 0.566. The van der Waals surface area contributed by atoms with E-state index in [0.29, 0.717) is 0 Å². The third kappa shape index (κ3) is 3.78. The van der Waals surface area contributed by atoms with E-state index in [-0.39, 0.29) is 0 Å². The molecule has 0 radical (unpaired) electrons. The largest absolute Gasteiger partial charge is 0.389 e. The first-order valence-electron chi connectivity index (χ1n) is 3.12. The molecule has 0 saturated carbocycles. The summed E-state index contributed by atoms with van der Waals surface area (Å²) in [5.74, 6) is 0. The van der Waals surface area contributed by atoms with Gasteiger partial charge in [0, 0.05) is 25.5 Å². The van der Waals surface area contributed by atoms with Gasteiger partial charge in [0.25, 0.3) is 0 Å². The molecular formula is C8H14N2. The number of allylic oxidation sites excluding steroid dienone is 2. The maximum atomic E-state index is 3.71. The maximum absolute atomic E-state index is 3.71. The van der Waals surface area contributed by atoms with Crippen molar-refractivity contribution in [3.05, 3.63) is 36.7 Å². The van der Waals surface area contributed by atoms with Crippen LogP contribution in [-0.4, -0.2) is 14.1 Å². The molecule has 0 unspecified atom stereocenters. The third-order valence-electron chi connectivity index (χ3n) is 1.13. The molecule has 2 N–H and O–H groups in total. The molecular weight excluding hydrogens is 124 g/mol. The van der Waals surface area contributed by atoms with Gasteiger partial charge in [0.05, 0.1) is 0 Å². The molecule has 0 atom stereocenters. The second kappa shape index (κ2) is 4.68. The summed E-state index contributed by atoms with van der Waals surface area (Å²) in [7, 11) is 3.66. The Bertz CT molecular complexity index is 139. The molecule has 0 fully saturated rings. The summed E-state index contributed by atoms with van der Waals surface area (Å²) < 4.78 is 0. The van der Waals surface area contributed by atoms with E-state index in [1.807, 2.05) is 26.2 Å². The van der Waals surface area contributed by atoms with Crippen molar-refractivity contribution in [1.82, 2.24) is 10.6 Å². The van der Waals surface area contributed by atoms with Gasteiger partial charge in [-0.2, -0.15) is 0 Å². The number of nitrogens with one attached hydrogen (secondary N) is 2. The van der Waals surface area contributed by atoms with Crippen LogP contribution in [-0.2, 0) is 0 Å². The summed E-state index contributed by atoms with van der Waals surface area (Å²) in [4.78, 5) is 0. The van der Waals surface area contributed by atoms with E-state index < -0.39 is 0 Å². The first kappa shape index (κ1) is 8.82. The van der Waals surface area contributed by atoms with E-state index in [1.54, 1.807) is 0 Å². The van der Waals surface area contributed by atoms with Gasteiger partial charge in [0.2, 0.25) is 0 Å². The summed E-state index contributed by atoms with van der Waals surface area (Å²) in [5, 5.41) is 5.79. The van der Waals surface area contributed by atoms with Gasteiger partial charge in [-0.15, -0.1) is 0 Å². The Balaban J connectivity index is 3.75. The summed E-state index contributed by atoms with van der Waals surface area (Å²) >= 11 is 0. The van der Waals surface area contributed by atoms with Crippen molar-refractivity contribution in [1.29, 1.82) is 0 Å². The molecule has 10 heavy (non-hydrogen) atoms. The molecule has 0 aromatic rings.